The summed E-state index contributed by atoms with van der Waals surface area (Å²) in [5.41, 5.74) is 0.435. The molecule has 1 heterocycles. The number of benzene rings is 1. The number of carbonyl (C=O) groups excluding carboxylic acids is 1. The molecule has 0 spiro atoms. The number of nitrogens with one attached hydrogen (secondary N) is 1. The summed E-state index contributed by atoms with van der Waals surface area (Å²) in [6.07, 6.45) is 0. The highest BCUT2D eigenvalue weighted by Gasteiger charge is 2.19. The summed E-state index contributed by atoms with van der Waals surface area (Å²) in [5, 5.41) is 2.84. The number of aryl methyl sites for hydroxylation is 1. The summed E-state index contributed by atoms with van der Waals surface area (Å²) in [6, 6.07) is 9.22. The van der Waals surface area contributed by atoms with Gasteiger partial charge < -0.3 is 9.73 Å². The van der Waals surface area contributed by atoms with Gasteiger partial charge in [-0.3, -0.25) is 9.69 Å². The monoisotopic (exact) mass is 290 g/mol. The average Bonchev–Trinajstić information content (AvgIpc) is 2.85. The summed E-state index contributed by atoms with van der Waals surface area (Å²) >= 11 is 0. The van der Waals surface area contributed by atoms with Crippen molar-refractivity contribution < 1.29 is 13.6 Å². The van der Waals surface area contributed by atoms with Crippen LogP contribution in [0.4, 0.5) is 4.39 Å². The highest BCUT2D eigenvalue weighted by atomic mass is 19.1. The van der Waals surface area contributed by atoms with E-state index in [1.165, 1.54) is 24.3 Å². The Morgan fingerprint density at radius 1 is 1.24 bits per heavy atom. The van der Waals surface area contributed by atoms with Gasteiger partial charge in [0.1, 0.15) is 17.3 Å². The Hall–Kier alpha value is -2.14. The van der Waals surface area contributed by atoms with Gasteiger partial charge in [0.15, 0.2) is 0 Å². The molecule has 0 unspecified atom stereocenters. The molecule has 2 aromatic rings. The van der Waals surface area contributed by atoms with Gasteiger partial charge in [0.2, 0.25) is 0 Å². The van der Waals surface area contributed by atoms with Crippen molar-refractivity contribution >= 4 is 5.91 Å². The van der Waals surface area contributed by atoms with Gasteiger partial charge in [-0.25, -0.2) is 4.39 Å². The molecule has 0 fully saturated rings. The molecule has 112 valence electrons. The van der Waals surface area contributed by atoms with Crippen LogP contribution in [-0.2, 0) is 0 Å². The average molecular weight is 290 g/mol. The zero-order valence-electron chi connectivity index (χ0n) is 12.4. The van der Waals surface area contributed by atoms with E-state index < -0.39 is 0 Å². The summed E-state index contributed by atoms with van der Waals surface area (Å²) in [7, 11) is 3.85. The third-order valence-corrected chi connectivity index (χ3v) is 3.28. The van der Waals surface area contributed by atoms with E-state index in [4.69, 9.17) is 4.42 Å². The van der Waals surface area contributed by atoms with Crippen LogP contribution in [0.5, 0.6) is 0 Å². The number of hydrogen-bond acceptors (Lipinski definition) is 3. The summed E-state index contributed by atoms with van der Waals surface area (Å²) in [4.78, 5) is 14.0. The SMILES string of the molecule is Cc1ccc([C@H](CNC(=O)c2ccc(F)cc2)N(C)C)o1. The molecule has 0 radical (unpaired) electrons. The Balaban J connectivity index is 2.02. The molecule has 1 N–H and O–H groups in total. The number of amides is 1. The molecule has 0 aliphatic rings. The third kappa shape index (κ3) is 3.92. The van der Waals surface area contributed by atoms with Crippen molar-refractivity contribution in [3.63, 3.8) is 0 Å². The van der Waals surface area contributed by atoms with Crippen LogP contribution in [0.2, 0.25) is 0 Å². The van der Waals surface area contributed by atoms with Gasteiger partial charge >= 0.3 is 0 Å². The van der Waals surface area contributed by atoms with E-state index in [9.17, 15) is 9.18 Å². The second-order valence-corrected chi connectivity index (χ2v) is 5.14. The minimum atomic E-state index is -0.358. The topological polar surface area (TPSA) is 45.5 Å². The van der Waals surface area contributed by atoms with Crippen molar-refractivity contribution in [1.29, 1.82) is 0 Å². The van der Waals surface area contributed by atoms with E-state index in [2.05, 4.69) is 5.32 Å². The molecule has 21 heavy (non-hydrogen) atoms. The van der Waals surface area contributed by atoms with Gasteiger partial charge in [-0.1, -0.05) is 0 Å². The van der Waals surface area contributed by atoms with Crippen LogP contribution in [0.25, 0.3) is 0 Å². The fourth-order valence-corrected chi connectivity index (χ4v) is 2.06. The molecular weight excluding hydrogens is 271 g/mol. The number of rotatable bonds is 5. The van der Waals surface area contributed by atoms with Crippen LogP contribution in [0.15, 0.2) is 40.8 Å². The number of furan rings is 1. The van der Waals surface area contributed by atoms with Gasteiger partial charge in [-0.05, 0) is 57.4 Å². The van der Waals surface area contributed by atoms with E-state index >= 15 is 0 Å². The molecule has 1 aromatic heterocycles. The molecule has 1 aromatic carbocycles. The standard InChI is InChI=1S/C16H19FN2O2/c1-11-4-9-15(21-11)14(19(2)3)10-18-16(20)12-5-7-13(17)8-6-12/h4-9,14H,10H2,1-3H3,(H,18,20)/t14-/m0/s1. The van der Waals surface area contributed by atoms with Gasteiger partial charge in [0.05, 0.1) is 6.04 Å². The maximum Gasteiger partial charge on any atom is 0.251 e. The largest absolute Gasteiger partial charge is 0.465 e. The Labute approximate surface area is 123 Å². The van der Waals surface area contributed by atoms with Crippen LogP contribution in [-0.4, -0.2) is 31.4 Å². The molecule has 1 amide bonds. The van der Waals surface area contributed by atoms with Gasteiger partial charge in [-0.2, -0.15) is 0 Å². The molecular formula is C16H19FN2O2. The predicted molar refractivity (Wildman–Crippen MR) is 78.6 cm³/mol. The predicted octanol–water partition coefficient (Wildman–Crippen LogP) is 2.76. The first kappa shape index (κ1) is 15.3. The molecule has 4 nitrogen and oxygen atoms in total. The molecule has 0 saturated carbocycles. The minimum Gasteiger partial charge on any atom is -0.465 e. The van der Waals surface area contributed by atoms with Crippen molar-refractivity contribution in [2.45, 2.75) is 13.0 Å². The quantitative estimate of drug-likeness (QED) is 0.921. The van der Waals surface area contributed by atoms with Crippen molar-refractivity contribution in [2.75, 3.05) is 20.6 Å². The maximum absolute atomic E-state index is 12.8. The first-order chi connectivity index (χ1) is 9.97. The van der Waals surface area contributed by atoms with Crippen LogP contribution in [0, 0.1) is 12.7 Å². The summed E-state index contributed by atoms with van der Waals surface area (Å²) < 4.78 is 18.5. The van der Waals surface area contributed by atoms with Crippen LogP contribution in [0.3, 0.4) is 0 Å². The maximum atomic E-state index is 12.8. The highest BCUT2D eigenvalue weighted by Crippen LogP contribution is 2.20. The van der Waals surface area contributed by atoms with Gasteiger partial charge in [-0.15, -0.1) is 0 Å². The lowest BCUT2D eigenvalue weighted by Crippen LogP contribution is -2.34. The van der Waals surface area contributed by atoms with E-state index in [1.54, 1.807) is 0 Å². The molecule has 5 heteroatoms. The molecule has 0 bridgehead atoms. The van der Waals surface area contributed by atoms with Crippen molar-refractivity contribution in [3.8, 4) is 0 Å². The van der Waals surface area contributed by atoms with Crippen molar-refractivity contribution in [2.24, 2.45) is 0 Å². The van der Waals surface area contributed by atoms with Gasteiger partial charge in [0, 0.05) is 12.1 Å². The molecule has 1 atom stereocenters. The normalized spacial score (nSPS) is 12.4. The smallest absolute Gasteiger partial charge is 0.251 e. The van der Waals surface area contributed by atoms with E-state index in [0.29, 0.717) is 12.1 Å². The van der Waals surface area contributed by atoms with Crippen LogP contribution >= 0.6 is 0 Å². The number of halogens is 1. The second-order valence-electron chi connectivity index (χ2n) is 5.14. The number of likely N-dealkylation sites (N-methyl/N-ethyl adjacent to an activating group) is 1. The Bertz CT molecular complexity index is 605. The Morgan fingerprint density at radius 2 is 1.90 bits per heavy atom. The number of nitrogens with zero attached hydrogens (tertiary/aromatic N) is 1. The highest BCUT2D eigenvalue weighted by molar-refractivity contribution is 5.94. The van der Waals surface area contributed by atoms with E-state index in [0.717, 1.165) is 11.5 Å². The summed E-state index contributed by atoms with van der Waals surface area (Å²) in [6.45, 7) is 2.30. The molecule has 2 rings (SSSR count). The fraction of sp³-hybridized carbons (Fsp3) is 0.312. The number of carbonyl (C=O) groups is 1. The number of hydrogen-bond donors (Lipinski definition) is 1. The molecule has 0 aliphatic carbocycles. The zero-order chi connectivity index (χ0) is 15.4. The molecule has 0 saturated heterocycles. The van der Waals surface area contributed by atoms with Crippen LogP contribution in [0.1, 0.15) is 27.9 Å². The van der Waals surface area contributed by atoms with Crippen LogP contribution < -0.4 is 5.32 Å². The zero-order valence-corrected chi connectivity index (χ0v) is 12.4. The van der Waals surface area contributed by atoms with Gasteiger partial charge in [0.25, 0.3) is 5.91 Å². The van der Waals surface area contributed by atoms with Crippen molar-refractivity contribution in [3.05, 3.63) is 59.3 Å². The minimum absolute atomic E-state index is 0.0527. The lowest BCUT2D eigenvalue weighted by molar-refractivity contribution is 0.0939. The first-order valence-electron chi connectivity index (χ1n) is 6.74. The van der Waals surface area contributed by atoms with E-state index in [-0.39, 0.29) is 17.8 Å². The first-order valence-corrected chi connectivity index (χ1v) is 6.74. The lowest BCUT2D eigenvalue weighted by Gasteiger charge is -2.22. The Morgan fingerprint density at radius 3 is 2.43 bits per heavy atom. The summed E-state index contributed by atoms with van der Waals surface area (Å²) in [5.74, 6) is 1.05. The molecule has 0 aliphatic heterocycles. The lowest BCUT2D eigenvalue weighted by atomic mass is 10.1. The Kier molecular flexibility index (Phi) is 4.75. The fourth-order valence-electron chi connectivity index (χ4n) is 2.06. The third-order valence-electron chi connectivity index (χ3n) is 3.28. The van der Waals surface area contributed by atoms with Crippen molar-refractivity contribution in [1.82, 2.24) is 10.2 Å². The second kappa shape index (κ2) is 6.54. The van der Waals surface area contributed by atoms with E-state index in [1.807, 2.05) is 38.1 Å².